The van der Waals surface area contributed by atoms with Gasteiger partial charge < -0.3 is 9.64 Å². The van der Waals surface area contributed by atoms with Crippen LogP contribution in [0.2, 0.25) is 0 Å². The number of carbonyl (C=O) groups excluding carboxylic acids is 3. The van der Waals surface area contributed by atoms with Gasteiger partial charge in [0, 0.05) is 23.2 Å². The number of esters is 1. The summed E-state index contributed by atoms with van der Waals surface area (Å²) >= 11 is 2.79. The van der Waals surface area contributed by atoms with E-state index in [0.717, 1.165) is 5.69 Å². The van der Waals surface area contributed by atoms with Crippen molar-refractivity contribution in [3.8, 4) is 6.07 Å². The van der Waals surface area contributed by atoms with Gasteiger partial charge in [0.25, 0.3) is 0 Å². The minimum absolute atomic E-state index is 0.0612. The Morgan fingerprint density at radius 1 is 1.60 bits per heavy atom. The summed E-state index contributed by atoms with van der Waals surface area (Å²) in [7, 11) is 0. The number of Topliss-reactive ketones (excluding diaryl/α,β-unsaturated/α-hetero) is 1. The molecule has 7 nitrogen and oxygen atoms in total. The lowest BCUT2D eigenvalue weighted by atomic mass is 10.1. The van der Waals surface area contributed by atoms with Gasteiger partial charge in [-0.15, -0.1) is 23.1 Å². The summed E-state index contributed by atoms with van der Waals surface area (Å²) < 4.78 is 5.13. The standard InChI is InChI=1S/C16H17N3O4S2/c1-9-7-24-14(18-9)10(5-17)12(20)6-23-15(22)11-8-25-16(2)4-3-13(21)19(11)16/h7,10-11H,3-4,6,8H2,1-2H3/t10-,11+,16-/m0/s1. The quantitative estimate of drug-likeness (QED) is 0.717. The van der Waals surface area contributed by atoms with E-state index in [9.17, 15) is 19.6 Å². The number of ether oxygens (including phenoxy) is 1. The van der Waals surface area contributed by atoms with Crippen molar-refractivity contribution in [3.05, 3.63) is 16.1 Å². The topological polar surface area (TPSA) is 100 Å². The van der Waals surface area contributed by atoms with Crippen LogP contribution in [0.15, 0.2) is 5.38 Å². The zero-order chi connectivity index (χ0) is 18.2. The number of rotatable bonds is 5. The number of hydrogen-bond donors (Lipinski definition) is 0. The summed E-state index contributed by atoms with van der Waals surface area (Å²) in [6.45, 7) is 3.23. The Kier molecular flexibility index (Phi) is 4.84. The lowest BCUT2D eigenvalue weighted by molar-refractivity contribution is -0.155. The van der Waals surface area contributed by atoms with Crippen LogP contribution in [0.1, 0.15) is 36.4 Å². The van der Waals surface area contributed by atoms with Crippen LogP contribution in [0.25, 0.3) is 0 Å². The number of aryl methyl sites for hydroxylation is 1. The number of carbonyl (C=O) groups is 3. The third kappa shape index (κ3) is 3.28. The Hall–Kier alpha value is -1.92. The number of ketones is 1. The first-order chi connectivity index (χ1) is 11.9. The second-order valence-electron chi connectivity index (χ2n) is 6.23. The molecular formula is C16H17N3O4S2. The second kappa shape index (κ2) is 6.77. The molecule has 3 rings (SSSR count). The Morgan fingerprint density at radius 2 is 2.36 bits per heavy atom. The van der Waals surface area contributed by atoms with Crippen LogP contribution < -0.4 is 0 Å². The van der Waals surface area contributed by atoms with Crippen molar-refractivity contribution in [1.82, 2.24) is 9.88 Å². The number of aromatic nitrogens is 1. The van der Waals surface area contributed by atoms with Gasteiger partial charge in [-0.2, -0.15) is 5.26 Å². The lowest BCUT2D eigenvalue weighted by Crippen LogP contribution is -2.47. The van der Waals surface area contributed by atoms with Crippen LogP contribution in [-0.2, 0) is 19.1 Å². The molecule has 0 bridgehead atoms. The fourth-order valence-electron chi connectivity index (χ4n) is 3.09. The highest BCUT2D eigenvalue weighted by molar-refractivity contribution is 8.01. The first-order valence-corrected chi connectivity index (χ1v) is 9.69. The second-order valence-corrected chi connectivity index (χ2v) is 8.62. The highest BCUT2D eigenvalue weighted by atomic mass is 32.2. The van der Waals surface area contributed by atoms with Crippen LogP contribution in [0, 0.1) is 18.3 Å². The van der Waals surface area contributed by atoms with Crippen molar-refractivity contribution in [2.75, 3.05) is 12.4 Å². The van der Waals surface area contributed by atoms with Crippen molar-refractivity contribution in [3.63, 3.8) is 0 Å². The monoisotopic (exact) mass is 379 g/mol. The van der Waals surface area contributed by atoms with E-state index in [2.05, 4.69) is 4.98 Å². The predicted molar refractivity (Wildman–Crippen MR) is 91.9 cm³/mol. The Balaban J connectivity index is 1.61. The van der Waals surface area contributed by atoms with E-state index < -0.39 is 30.3 Å². The van der Waals surface area contributed by atoms with Crippen molar-refractivity contribution >= 4 is 40.8 Å². The van der Waals surface area contributed by atoms with Gasteiger partial charge in [0.15, 0.2) is 18.3 Å². The van der Waals surface area contributed by atoms with Gasteiger partial charge >= 0.3 is 5.97 Å². The molecule has 25 heavy (non-hydrogen) atoms. The minimum atomic E-state index is -1.04. The highest BCUT2D eigenvalue weighted by Crippen LogP contribution is 2.47. The van der Waals surface area contributed by atoms with E-state index in [1.807, 2.05) is 13.0 Å². The summed E-state index contributed by atoms with van der Waals surface area (Å²) in [5.41, 5.74) is 0.736. The molecule has 0 aromatic carbocycles. The third-order valence-corrected chi connectivity index (χ3v) is 6.94. The molecule has 3 atom stereocenters. The molecule has 2 aliphatic rings. The van der Waals surface area contributed by atoms with Crippen LogP contribution in [0.5, 0.6) is 0 Å². The number of nitriles is 1. The molecule has 132 valence electrons. The summed E-state index contributed by atoms with van der Waals surface area (Å²) in [6.07, 6.45) is 1.13. The molecule has 0 spiro atoms. The Bertz CT molecular complexity index is 772. The van der Waals surface area contributed by atoms with Gasteiger partial charge in [-0.05, 0) is 20.3 Å². The van der Waals surface area contributed by atoms with Crippen molar-refractivity contribution < 1.29 is 19.1 Å². The smallest absolute Gasteiger partial charge is 0.330 e. The van der Waals surface area contributed by atoms with E-state index in [1.165, 1.54) is 11.3 Å². The minimum Gasteiger partial charge on any atom is -0.456 e. The molecule has 1 aromatic heterocycles. The molecular weight excluding hydrogens is 362 g/mol. The molecule has 0 radical (unpaired) electrons. The number of nitrogens with zero attached hydrogens (tertiary/aromatic N) is 3. The number of hydrogen-bond acceptors (Lipinski definition) is 8. The fraction of sp³-hybridized carbons (Fsp3) is 0.562. The maximum Gasteiger partial charge on any atom is 0.330 e. The predicted octanol–water partition coefficient (Wildman–Crippen LogP) is 1.63. The average Bonchev–Trinajstić information content (AvgIpc) is 3.22. The van der Waals surface area contributed by atoms with Gasteiger partial charge in [-0.1, -0.05) is 0 Å². The normalized spacial score (nSPS) is 26.2. The van der Waals surface area contributed by atoms with Gasteiger partial charge in [-0.3, -0.25) is 9.59 Å². The maximum absolute atomic E-state index is 12.4. The van der Waals surface area contributed by atoms with Gasteiger partial charge in [-0.25, -0.2) is 9.78 Å². The molecule has 9 heteroatoms. The summed E-state index contributed by atoms with van der Waals surface area (Å²) in [5, 5.41) is 11.4. The zero-order valence-corrected chi connectivity index (χ0v) is 15.5. The van der Waals surface area contributed by atoms with E-state index in [-0.39, 0.29) is 10.8 Å². The zero-order valence-electron chi connectivity index (χ0n) is 13.9. The largest absolute Gasteiger partial charge is 0.456 e. The van der Waals surface area contributed by atoms with E-state index >= 15 is 0 Å². The average molecular weight is 379 g/mol. The van der Waals surface area contributed by atoms with Gasteiger partial charge in [0.1, 0.15) is 11.0 Å². The van der Waals surface area contributed by atoms with E-state index in [1.54, 1.807) is 29.0 Å². The van der Waals surface area contributed by atoms with E-state index in [4.69, 9.17) is 4.74 Å². The van der Waals surface area contributed by atoms with Crippen LogP contribution in [-0.4, -0.2) is 50.8 Å². The molecule has 2 saturated heterocycles. The summed E-state index contributed by atoms with van der Waals surface area (Å²) in [5.74, 6) is -1.74. The summed E-state index contributed by atoms with van der Waals surface area (Å²) in [6, 6.07) is 1.25. The van der Waals surface area contributed by atoms with Crippen molar-refractivity contribution in [2.24, 2.45) is 0 Å². The first-order valence-electron chi connectivity index (χ1n) is 7.83. The third-order valence-electron chi connectivity index (χ3n) is 4.41. The molecule has 1 aromatic rings. The highest BCUT2D eigenvalue weighted by Gasteiger charge is 2.53. The Labute approximate surface area is 153 Å². The molecule has 2 fully saturated rings. The molecule has 2 aliphatic heterocycles. The van der Waals surface area contributed by atoms with E-state index in [0.29, 0.717) is 23.6 Å². The molecule has 0 unspecified atom stereocenters. The number of thioether (sulfide) groups is 1. The SMILES string of the molecule is Cc1csc([C@@H](C#N)C(=O)COC(=O)[C@H]2CS[C@@]3(C)CCC(=O)N23)n1. The van der Waals surface area contributed by atoms with Gasteiger partial charge in [0.05, 0.1) is 10.9 Å². The van der Waals surface area contributed by atoms with Crippen LogP contribution in [0.3, 0.4) is 0 Å². The number of amides is 1. The lowest BCUT2D eigenvalue weighted by Gasteiger charge is -2.29. The Morgan fingerprint density at radius 3 is 3.00 bits per heavy atom. The fourth-order valence-corrected chi connectivity index (χ4v) is 5.36. The first kappa shape index (κ1) is 17.9. The van der Waals surface area contributed by atoms with Crippen molar-refractivity contribution in [2.45, 2.75) is 43.5 Å². The van der Waals surface area contributed by atoms with Crippen LogP contribution in [0.4, 0.5) is 0 Å². The maximum atomic E-state index is 12.4. The molecule has 0 saturated carbocycles. The van der Waals surface area contributed by atoms with Crippen molar-refractivity contribution in [1.29, 1.82) is 5.26 Å². The van der Waals surface area contributed by atoms with Gasteiger partial charge in [0.2, 0.25) is 5.91 Å². The summed E-state index contributed by atoms with van der Waals surface area (Å²) in [4.78, 5) is 42.0. The molecule has 0 N–H and O–H groups in total. The number of fused-ring (bicyclic) bond motifs is 1. The van der Waals surface area contributed by atoms with Crippen LogP contribution >= 0.6 is 23.1 Å². The molecule has 3 heterocycles. The molecule has 1 amide bonds. The molecule has 0 aliphatic carbocycles. The number of thiazole rings is 1.